The second-order valence-corrected chi connectivity index (χ2v) is 3.61. The van der Waals surface area contributed by atoms with E-state index in [-0.39, 0.29) is 63.5 Å². The van der Waals surface area contributed by atoms with Gasteiger partial charge in [-0.25, -0.2) is 0 Å². The molecule has 78 valence electrons. The first kappa shape index (κ1) is 16.0. The Morgan fingerprint density at radius 1 is 1.33 bits per heavy atom. The molecule has 0 radical (unpaired) electrons. The molecule has 0 aliphatic heterocycles. The van der Waals surface area contributed by atoms with Crippen molar-refractivity contribution in [3.63, 3.8) is 0 Å². The van der Waals surface area contributed by atoms with Crippen molar-refractivity contribution in [3.05, 3.63) is 23.3 Å². The minimum absolute atomic E-state index is 0. The van der Waals surface area contributed by atoms with E-state index in [1.165, 1.54) is 6.92 Å². The van der Waals surface area contributed by atoms with Crippen LogP contribution in [-0.2, 0) is 6.54 Å². The van der Waals surface area contributed by atoms with E-state index in [9.17, 15) is 12.9 Å². The number of hydrogen-bond donors (Lipinski definition) is 2. The van der Waals surface area contributed by atoms with Crippen molar-refractivity contribution >= 4 is 25.1 Å². The van der Waals surface area contributed by atoms with Crippen molar-refractivity contribution in [2.45, 2.75) is 18.4 Å². The Kier molecular flexibility index (Phi) is 6.50. The van der Waals surface area contributed by atoms with Crippen LogP contribution in [-0.4, -0.2) is 6.98 Å². The van der Waals surface area contributed by atoms with Gasteiger partial charge in [0.15, 0.2) is 0 Å². The van der Waals surface area contributed by atoms with Crippen LogP contribution in [0.4, 0.5) is 12.9 Å². The number of hydrogen-bond acceptors (Lipinski definition) is 2. The topological polar surface area (TPSA) is 26.0 Å². The first-order valence-electron chi connectivity index (χ1n) is 4.08. The standard InChI is InChI=1S/C8H10BF3NS.K/c1-5-6(4-13)2-7(14)3-8(5)9(10,11)12;/h2-3,14H,4,13H2,1H3;/q-1;+1. The maximum Gasteiger partial charge on any atom is 1.00 e. The predicted molar refractivity (Wildman–Crippen MR) is 55.0 cm³/mol. The Morgan fingerprint density at radius 2 is 1.87 bits per heavy atom. The summed E-state index contributed by atoms with van der Waals surface area (Å²) in [6.07, 6.45) is 0. The molecule has 15 heavy (non-hydrogen) atoms. The number of rotatable bonds is 2. The minimum Gasteiger partial charge on any atom is -0.445 e. The zero-order valence-corrected chi connectivity index (χ0v) is 12.6. The van der Waals surface area contributed by atoms with Gasteiger partial charge in [0.25, 0.3) is 0 Å². The Labute approximate surface area is 135 Å². The van der Waals surface area contributed by atoms with Gasteiger partial charge in [0.2, 0.25) is 0 Å². The van der Waals surface area contributed by atoms with E-state index in [1.54, 1.807) is 6.07 Å². The number of nitrogens with two attached hydrogens (primary N) is 1. The molecule has 0 saturated heterocycles. The summed E-state index contributed by atoms with van der Waals surface area (Å²) in [6, 6.07) is 2.60. The summed E-state index contributed by atoms with van der Waals surface area (Å²) >= 11 is 3.91. The molecule has 0 bridgehead atoms. The smallest absolute Gasteiger partial charge is 0.445 e. The summed E-state index contributed by atoms with van der Waals surface area (Å²) in [5.74, 6) is 0. The van der Waals surface area contributed by atoms with E-state index in [1.807, 2.05) is 0 Å². The van der Waals surface area contributed by atoms with Gasteiger partial charge in [0.1, 0.15) is 0 Å². The first-order chi connectivity index (χ1) is 6.36. The third-order valence-electron chi connectivity index (χ3n) is 2.11. The van der Waals surface area contributed by atoms with Crippen LogP contribution in [0.1, 0.15) is 11.1 Å². The average Bonchev–Trinajstić information content (AvgIpc) is 2.06. The number of benzene rings is 1. The molecule has 0 atom stereocenters. The van der Waals surface area contributed by atoms with E-state index < -0.39 is 12.4 Å². The third-order valence-corrected chi connectivity index (χ3v) is 2.37. The Hall–Kier alpha value is 1.02. The largest absolute Gasteiger partial charge is 1.00 e. The molecule has 2 N–H and O–H groups in total. The number of thiol groups is 1. The van der Waals surface area contributed by atoms with Crippen molar-refractivity contribution in [2.24, 2.45) is 5.73 Å². The van der Waals surface area contributed by atoms with Crippen LogP contribution in [0.15, 0.2) is 17.0 Å². The SMILES string of the molecule is Cc1c(CN)cc(S)cc1[B-](F)(F)F.[K+]. The summed E-state index contributed by atoms with van der Waals surface area (Å²) < 4.78 is 37.6. The van der Waals surface area contributed by atoms with Gasteiger partial charge in [0.05, 0.1) is 0 Å². The van der Waals surface area contributed by atoms with Crippen LogP contribution in [0.3, 0.4) is 0 Å². The molecule has 0 heterocycles. The molecule has 1 rings (SSSR count). The molecule has 0 amide bonds. The number of halogens is 3. The van der Waals surface area contributed by atoms with Crippen LogP contribution in [0.2, 0.25) is 0 Å². The van der Waals surface area contributed by atoms with Gasteiger partial charge in [-0.05, 0) is 18.6 Å². The quantitative estimate of drug-likeness (QED) is 0.506. The van der Waals surface area contributed by atoms with Crippen molar-refractivity contribution < 1.29 is 64.3 Å². The van der Waals surface area contributed by atoms with Crippen LogP contribution >= 0.6 is 12.6 Å². The van der Waals surface area contributed by atoms with E-state index in [4.69, 9.17) is 5.73 Å². The molecule has 1 nitrogen and oxygen atoms in total. The molecule has 0 spiro atoms. The molecule has 1 aromatic rings. The summed E-state index contributed by atoms with van der Waals surface area (Å²) in [7, 11) is 0. The van der Waals surface area contributed by atoms with Crippen molar-refractivity contribution in [3.8, 4) is 0 Å². The fraction of sp³-hybridized carbons (Fsp3) is 0.250. The third kappa shape index (κ3) is 4.07. The normalized spacial score (nSPS) is 11.1. The predicted octanol–water partition coefficient (Wildman–Crippen LogP) is -1.20. The van der Waals surface area contributed by atoms with Gasteiger partial charge in [-0.2, -0.15) is 0 Å². The van der Waals surface area contributed by atoms with Gasteiger partial charge < -0.3 is 18.7 Å². The fourth-order valence-corrected chi connectivity index (χ4v) is 1.63. The molecule has 1 aromatic carbocycles. The van der Waals surface area contributed by atoms with Crippen LogP contribution < -0.4 is 62.6 Å². The summed E-state index contributed by atoms with van der Waals surface area (Å²) in [5, 5.41) is 0. The molecule has 0 saturated carbocycles. The molecular weight excluding hydrogens is 249 g/mol. The molecular formula is C8H10BF3KNS. The first-order valence-corrected chi connectivity index (χ1v) is 4.53. The van der Waals surface area contributed by atoms with Crippen molar-refractivity contribution in [1.82, 2.24) is 0 Å². The fourth-order valence-electron chi connectivity index (χ4n) is 1.33. The van der Waals surface area contributed by atoms with Gasteiger partial charge >= 0.3 is 58.4 Å². The molecule has 7 heteroatoms. The van der Waals surface area contributed by atoms with Crippen molar-refractivity contribution in [2.75, 3.05) is 0 Å². The monoisotopic (exact) mass is 259 g/mol. The van der Waals surface area contributed by atoms with E-state index in [0.717, 1.165) is 6.07 Å². The van der Waals surface area contributed by atoms with Crippen LogP contribution in [0.25, 0.3) is 0 Å². The summed E-state index contributed by atoms with van der Waals surface area (Å²) in [6.45, 7) is -3.45. The molecule has 0 aliphatic rings. The Bertz CT molecular complexity index is 356. The minimum atomic E-state index is -4.98. The maximum absolute atomic E-state index is 12.5. The van der Waals surface area contributed by atoms with Gasteiger partial charge in [0, 0.05) is 11.4 Å². The average molecular weight is 259 g/mol. The molecule has 0 aromatic heterocycles. The van der Waals surface area contributed by atoms with Crippen molar-refractivity contribution in [1.29, 1.82) is 0 Å². The van der Waals surface area contributed by atoms with Crippen LogP contribution in [0.5, 0.6) is 0 Å². The zero-order chi connectivity index (χ0) is 10.9. The van der Waals surface area contributed by atoms with E-state index >= 15 is 0 Å². The Balaban J connectivity index is 0.00000196. The summed E-state index contributed by atoms with van der Waals surface area (Å²) in [4.78, 5) is 0.297. The molecule has 0 aliphatic carbocycles. The second kappa shape index (κ2) is 6.09. The zero-order valence-electron chi connectivity index (χ0n) is 8.60. The van der Waals surface area contributed by atoms with Gasteiger partial charge in [-0.3, -0.25) is 0 Å². The molecule has 0 unspecified atom stereocenters. The second-order valence-electron chi connectivity index (χ2n) is 3.10. The molecule has 0 fully saturated rings. The van der Waals surface area contributed by atoms with Crippen LogP contribution in [0, 0.1) is 6.92 Å². The van der Waals surface area contributed by atoms with E-state index in [2.05, 4.69) is 12.6 Å². The summed E-state index contributed by atoms with van der Waals surface area (Å²) in [5.41, 5.74) is 5.44. The van der Waals surface area contributed by atoms with E-state index in [0.29, 0.717) is 10.5 Å². The maximum atomic E-state index is 12.5. The Morgan fingerprint density at radius 3 is 2.27 bits per heavy atom. The van der Waals surface area contributed by atoms with Gasteiger partial charge in [-0.1, -0.05) is 11.6 Å². The van der Waals surface area contributed by atoms with Gasteiger partial charge in [-0.15, -0.1) is 18.1 Å².